The molecule has 2 unspecified atom stereocenters. The number of likely N-dealkylation sites (N-methyl/N-ethyl adjacent to an activating group) is 1. The van der Waals surface area contributed by atoms with Gasteiger partial charge in [-0.3, -0.25) is 14.5 Å². The Labute approximate surface area is 108 Å². The number of esters is 1. The predicted octanol–water partition coefficient (Wildman–Crippen LogP) is -0.652. The molecule has 0 saturated carbocycles. The van der Waals surface area contributed by atoms with Crippen molar-refractivity contribution in [1.82, 2.24) is 15.5 Å². The average molecular weight is 257 g/mol. The number of hydrogen-bond acceptors (Lipinski definition) is 5. The minimum absolute atomic E-state index is 0.0475. The maximum absolute atomic E-state index is 11.9. The fourth-order valence-corrected chi connectivity index (χ4v) is 2.11. The monoisotopic (exact) mass is 257 g/mol. The molecular weight excluding hydrogens is 234 g/mol. The van der Waals surface area contributed by atoms with Crippen LogP contribution in [0.3, 0.4) is 0 Å². The van der Waals surface area contributed by atoms with Gasteiger partial charge in [-0.1, -0.05) is 0 Å². The Balaban J connectivity index is 2.69. The molecule has 0 aromatic rings. The van der Waals surface area contributed by atoms with Crippen LogP contribution in [0.5, 0.6) is 0 Å². The molecule has 6 nitrogen and oxygen atoms in total. The Morgan fingerprint density at radius 2 is 2.22 bits per heavy atom. The molecule has 1 saturated heterocycles. The third-order valence-electron chi connectivity index (χ3n) is 3.07. The first-order valence-corrected chi connectivity index (χ1v) is 6.52. The first kappa shape index (κ1) is 14.9. The van der Waals surface area contributed by atoms with Gasteiger partial charge in [0.25, 0.3) is 0 Å². The highest BCUT2D eigenvalue weighted by Gasteiger charge is 2.35. The van der Waals surface area contributed by atoms with Crippen LogP contribution in [0, 0.1) is 0 Å². The molecule has 18 heavy (non-hydrogen) atoms. The number of ether oxygens (including phenoxy) is 1. The van der Waals surface area contributed by atoms with Crippen LogP contribution in [-0.4, -0.2) is 61.6 Å². The summed E-state index contributed by atoms with van der Waals surface area (Å²) in [4.78, 5) is 25.6. The van der Waals surface area contributed by atoms with Gasteiger partial charge in [0.15, 0.2) is 0 Å². The van der Waals surface area contributed by atoms with Crippen LogP contribution in [0.1, 0.15) is 20.8 Å². The normalized spacial score (nSPS) is 22.3. The summed E-state index contributed by atoms with van der Waals surface area (Å²) in [5, 5.41) is 5.94. The van der Waals surface area contributed by atoms with Crippen LogP contribution >= 0.6 is 0 Å². The van der Waals surface area contributed by atoms with Gasteiger partial charge >= 0.3 is 5.97 Å². The lowest BCUT2D eigenvalue weighted by molar-refractivity contribution is -0.152. The minimum Gasteiger partial charge on any atom is -0.465 e. The minimum atomic E-state index is -0.378. The van der Waals surface area contributed by atoms with Crippen molar-refractivity contribution in [2.45, 2.75) is 32.9 Å². The first-order valence-electron chi connectivity index (χ1n) is 6.52. The Hall–Kier alpha value is -1.14. The summed E-state index contributed by atoms with van der Waals surface area (Å²) in [7, 11) is 0. The highest BCUT2D eigenvalue weighted by Crippen LogP contribution is 2.10. The molecule has 0 spiro atoms. The predicted molar refractivity (Wildman–Crippen MR) is 68.1 cm³/mol. The van der Waals surface area contributed by atoms with Gasteiger partial charge in [-0.25, -0.2) is 0 Å². The molecule has 104 valence electrons. The molecule has 1 amide bonds. The molecule has 1 fully saturated rings. The Bertz CT molecular complexity index is 296. The van der Waals surface area contributed by atoms with Crippen LogP contribution in [0.2, 0.25) is 0 Å². The quantitative estimate of drug-likeness (QED) is 0.640. The summed E-state index contributed by atoms with van der Waals surface area (Å²) in [6, 6.07) is -0.697. The number of nitrogens with one attached hydrogen (secondary N) is 2. The van der Waals surface area contributed by atoms with Gasteiger partial charge in [0.05, 0.1) is 12.6 Å². The van der Waals surface area contributed by atoms with E-state index in [4.69, 9.17) is 4.74 Å². The van der Waals surface area contributed by atoms with Crippen LogP contribution in [0.15, 0.2) is 0 Å². The van der Waals surface area contributed by atoms with Crippen molar-refractivity contribution in [1.29, 1.82) is 0 Å². The van der Waals surface area contributed by atoms with Crippen molar-refractivity contribution in [3.05, 3.63) is 0 Å². The zero-order valence-corrected chi connectivity index (χ0v) is 11.4. The van der Waals surface area contributed by atoms with E-state index in [1.807, 2.05) is 18.7 Å². The van der Waals surface area contributed by atoms with E-state index in [1.54, 1.807) is 6.92 Å². The zero-order chi connectivity index (χ0) is 13.5. The fourth-order valence-electron chi connectivity index (χ4n) is 2.11. The van der Waals surface area contributed by atoms with Gasteiger partial charge in [-0.05, 0) is 20.8 Å². The van der Waals surface area contributed by atoms with Gasteiger partial charge in [0.2, 0.25) is 5.91 Å². The molecule has 2 N–H and O–H groups in total. The number of carbonyl (C=O) groups is 2. The molecule has 0 bridgehead atoms. The van der Waals surface area contributed by atoms with E-state index < -0.39 is 0 Å². The third kappa shape index (κ3) is 3.68. The SMILES string of the molecule is CCNC(=O)C(C)N1CCNCC1C(=O)OCC. The van der Waals surface area contributed by atoms with Gasteiger partial charge in [0.1, 0.15) is 6.04 Å². The molecule has 2 atom stereocenters. The molecule has 6 heteroatoms. The van der Waals surface area contributed by atoms with Crippen LogP contribution in [0.4, 0.5) is 0 Å². The van der Waals surface area contributed by atoms with E-state index >= 15 is 0 Å². The average Bonchev–Trinajstić information content (AvgIpc) is 2.38. The largest absolute Gasteiger partial charge is 0.465 e. The van der Waals surface area contributed by atoms with Crippen LogP contribution in [-0.2, 0) is 14.3 Å². The van der Waals surface area contributed by atoms with Crippen molar-refractivity contribution in [2.75, 3.05) is 32.8 Å². The number of nitrogens with zero attached hydrogens (tertiary/aromatic N) is 1. The highest BCUT2D eigenvalue weighted by molar-refractivity contribution is 5.83. The molecule has 0 aliphatic carbocycles. The van der Waals surface area contributed by atoms with E-state index in [0.717, 1.165) is 6.54 Å². The van der Waals surface area contributed by atoms with Crippen molar-refractivity contribution in [2.24, 2.45) is 0 Å². The zero-order valence-electron chi connectivity index (χ0n) is 11.4. The van der Waals surface area contributed by atoms with E-state index in [0.29, 0.717) is 26.2 Å². The Morgan fingerprint density at radius 3 is 2.83 bits per heavy atom. The maximum atomic E-state index is 11.9. The third-order valence-corrected chi connectivity index (χ3v) is 3.07. The number of hydrogen-bond donors (Lipinski definition) is 2. The standard InChI is InChI=1S/C12H23N3O3/c1-4-14-11(16)9(3)15-7-6-13-8-10(15)12(17)18-5-2/h9-10,13H,4-8H2,1-3H3,(H,14,16). The van der Waals surface area contributed by atoms with Crippen LogP contribution < -0.4 is 10.6 Å². The maximum Gasteiger partial charge on any atom is 0.324 e. The van der Waals surface area contributed by atoms with Crippen LogP contribution in [0.25, 0.3) is 0 Å². The van der Waals surface area contributed by atoms with Crippen molar-refractivity contribution >= 4 is 11.9 Å². The molecule has 0 aromatic heterocycles. The summed E-state index contributed by atoms with van der Waals surface area (Å²) in [6.45, 7) is 8.42. The van der Waals surface area contributed by atoms with Gasteiger partial charge in [-0.15, -0.1) is 0 Å². The molecule has 1 aliphatic heterocycles. The summed E-state index contributed by atoms with van der Waals surface area (Å²) >= 11 is 0. The van der Waals surface area contributed by atoms with E-state index in [2.05, 4.69) is 10.6 Å². The lowest BCUT2D eigenvalue weighted by Gasteiger charge is -2.37. The van der Waals surface area contributed by atoms with E-state index in [9.17, 15) is 9.59 Å². The Kier molecular flexibility index (Phi) is 6.07. The molecule has 0 aromatic carbocycles. The lowest BCUT2D eigenvalue weighted by atomic mass is 10.1. The highest BCUT2D eigenvalue weighted by atomic mass is 16.5. The summed E-state index contributed by atoms with van der Waals surface area (Å²) in [5.74, 6) is -0.311. The number of amides is 1. The molecule has 0 radical (unpaired) electrons. The first-order chi connectivity index (χ1) is 8.61. The van der Waals surface area contributed by atoms with Crippen molar-refractivity contribution in [3.63, 3.8) is 0 Å². The number of piperazine rings is 1. The molecular formula is C12H23N3O3. The topological polar surface area (TPSA) is 70.7 Å². The number of carbonyl (C=O) groups excluding carboxylic acids is 2. The second-order valence-electron chi connectivity index (χ2n) is 4.28. The summed E-state index contributed by atoms with van der Waals surface area (Å²) < 4.78 is 5.05. The number of rotatable bonds is 5. The van der Waals surface area contributed by atoms with E-state index in [1.165, 1.54) is 0 Å². The summed E-state index contributed by atoms with van der Waals surface area (Å²) in [5.41, 5.74) is 0. The van der Waals surface area contributed by atoms with Crippen molar-refractivity contribution < 1.29 is 14.3 Å². The molecule has 1 heterocycles. The fraction of sp³-hybridized carbons (Fsp3) is 0.833. The second-order valence-corrected chi connectivity index (χ2v) is 4.28. The lowest BCUT2D eigenvalue weighted by Crippen LogP contribution is -2.61. The van der Waals surface area contributed by atoms with E-state index in [-0.39, 0.29) is 24.0 Å². The van der Waals surface area contributed by atoms with Gasteiger partial charge < -0.3 is 15.4 Å². The Morgan fingerprint density at radius 1 is 1.50 bits per heavy atom. The summed E-state index contributed by atoms with van der Waals surface area (Å²) in [6.07, 6.45) is 0. The molecule has 1 aliphatic rings. The van der Waals surface area contributed by atoms with Gasteiger partial charge in [0, 0.05) is 26.2 Å². The molecule has 1 rings (SSSR count). The second kappa shape index (κ2) is 7.33. The smallest absolute Gasteiger partial charge is 0.324 e. The van der Waals surface area contributed by atoms with Crippen molar-refractivity contribution in [3.8, 4) is 0 Å². The van der Waals surface area contributed by atoms with Gasteiger partial charge in [-0.2, -0.15) is 0 Å².